The molecule has 0 spiro atoms. The van der Waals surface area contributed by atoms with Crippen molar-refractivity contribution < 1.29 is 13.5 Å². The number of benzene rings is 1. The van der Waals surface area contributed by atoms with Gasteiger partial charge >= 0.3 is 0 Å². The number of aliphatic hydroxyl groups is 1. The van der Waals surface area contributed by atoms with Crippen molar-refractivity contribution in [2.75, 3.05) is 6.61 Å². The summed E-state index contributed by atoms with van der Waals surface area (Å²) in [5.41, 5.74) is 0.664. The molecule has 1 aromatic heterocycles. The van der Waals surface area contributed by atoms with E-state index in [0.29, 0.717) is 5.56 Å². The van der Waals surface area contributed by atoms with Crippen molar-refractivity contribution in [3.8, 4) is 0 Å². The normalized spacial score (nSPS) is 13.3. The highest BCUT2D eigenvalue weighted by atomic mass is 35.5. The molecule has 0 aliphatic heterocycles. The van der Waals surface area contributed by atoms with Crippen LogP contribution in [-0.2, 0) is 17.1 Å². The molecule has 20 heavy (non-hydrogen) atoms. The van der Waals surface area contributed by atoms with Gasteiger partial charge in [-0.2, -0.15) is 9.82 Å². The monoisotopic (exact) mass is 315 g/mol. The molecular formula is C12H14ClN3O3S. The Bertz CT molecular complexity index is 666. The molecule has 0 aliphatic carbocycles. The number of halogens is 1. The molecule has 1 atom stereocenters. The van der Waals surface area contributed by atoms with Crippen LogP contribution in [0, 0.1) is 0 Å². The molecule has 0 bridgehead atoms. The second-order valence-corrected chi connectivity index (χ2v) is 6.22. The lowest BCUT2D eigenvalue weighted by molar-refractivity contribution is 0.258. The minimum Gasteiger partial charge on any atom is -0.394 e. The summed E-state index contributed by atoms with van der Waals surface area (Å²) < 4.78 is 28.2. The van der Waals surface area contributed by atoms with Gasteiger partial charge < -0.3 is 5.11 Å². The maximum Gasteiger partial charge on any atom is 0.259 e. The first-order valence-corrected chi connectivity index (χ1v) is 7.67. The van der Waals surface area contributed by atoms with E-state index in [4.69, 9.17) is 11.6 Å². The van der Waals surface area contributed by atoms with Crippen LogP contribution in [0.3, 0.4) is 0 Å². The summed E-state index contributed by atoms with van der Waals surface area (Å²) in [6.45, 7) is -0.362. The van der Waals surface area contributed by atoms with Gasteiger partial charge in [0.15, 0.2) is 5.03 Å². The number of nitrogens with one attached hydrogen (secondary N) is 1. The summed E-state index contributed by atoms with van der Waals surface area (Å²) in [4.78, 5) is 0. The van der Waals surface area contributed by atoms with Crippen LogP contribution in [0.1, 0.15) is 11.6 Å². The lowest BCUT2D eigenvalue weighted by Gasteiger charge is -2.17. The molecule has 0 saturated heterocycles. The van der Waals surface area contributed by atoms with Gasteiger partial charge in [0.05, 0.1) is 23.9 Å². The molecule has 0 aliphatic rings. The highest BCUT2D eigenvalue weighted by Crippen LogP contribution is 2.22. The first-order chi connectivity index (χ1) is 9.45. The number of rotatable bonds is 5. The highest BCUT2D eigenvalue weighted by Gasteiger charge is 2.26. The van der Waals surface area contributed by atoms with Crippen LogP contribution in [0.2, 0.25) is 5.02 Å². The summed E-state index contributed by atoms with van der Waals surface area (Å²) in [5.74, 6) is 0. The predicted molar refractivity (Wildman–Crippen MR) is 74.8 cm³/mol. The number of hydrogen-bond acceptors (Lipinski definition) is 4. The minimum atomic E-state index is -3.88. The van der Waals surface area contributed by atoms with E-state index < -0.39 is 16.1 Å². The Morgan fingerprint density at radius 1 is 1.40 bits per heavy atom. The molecule has 0 saturated carbocycles. The van der Waals surface area contributed by atoms with E-state index in [9.17, 15) is 13.5 Å². The molecule has 1 aromatic carbocycles. The average molecular weight is 316 g/mol. The van der Waals surface area contributed by atoms with Crippen molar-refractivity contribution in [1.82, 2.24) is 14.5 Å². The highest BCUT2D eigenvalue weighted by molar-refractivity contribution is 7.89. The second kappa shape index (κ2) is 5.92. The molecule has 0 amide bonds. The lowest BCUT2D eigenvalue weighted by atomic mass is 10.1. The lowest BCUT2D eigenvalue weighted by Crippen LogP contribution is -2.32. The Balaban J connectivity index is 2.32. The fourth-order valence-corrected chi connectivity index (χ4v) is 3.71. The van der Waals surface area contributed by atoms with E-state index in [1.54, 1.807) is 24.3 Å². The third-order valence-electron chi connectivity index (χ3n) is 2.78. The molecule has 0 unspecified atom stereocenters. The van der Waals surface area contributed by atoms with Gasteiger partial charge in [-0.1, -0.05) is 41.9 Å². The van der Waals surface area contributed by atoms with Crippen molar-refractivity contribution in [2.45, 2.75) is 11.1 Å². The van der Waals surface area contributed by atoms with E-state index in [1.807, 2.05) is 6.07 Å². The van der Waals surface area contributed by atoms with Crippen LogP contribution in [0.5, 0.6) is 0 Å². The van der Waals surface area contributed by atoms with Gasteiger partial charge in [0.1, 0.15) is 0 Å². The molecule has 2 N–H and O–H groups in total. The van der Waals surface area contributed by atoms with Gasteiger partial charge in [-0.3, -0.25) is 4.68 Å². The third kappa shape index (κ3) is 3.01. The molecule has 8 heteroatoms. The van der Waals surface area contributed by atoms with E-state index in [-0.39, 0.29) is 16.7 Å². The topological polar surface area (TPSA) is 84.2 Å². The Morgan fingerprint density at radius 2 is 2.05 bits per heavy atom. The van der Waals surface area contributed by atoms with Gasteiger partial charge in [-0.15, -0.1) is 0 Å². The van der Waals surface area contributed by atoms with E-state index in [1.165, 1.54) is 17.9 Å². The fraction of sp³-hybridized carbons (Fsp3) is 0.250. The number of aliphatic hydroxyl groups excluding tert-OH is 1. The van der Waals surface area contributed by atoms with Crippen LogP contribution in [0.15, 0.2) is 41.6 Å². The Morgan fingerprint density at radius 3 is 2.55 bits per heavy atom. The first kappa shape index (κ1) is 15.0. The van der Waals surface area contributed by atoms with Crippen LogP contribution in [0.4, 0.5) is 0 Å². The van der Waals surface area contributed by atoms with Crippen LogP contribution >= 0.6 is 11.6 Å². The van der Waals surface area contributed by atoms with Crippen molar-refractivity contribution in [1.29, 1.82) is 0 Å². The smallest absolute Gasteiger partial charge is 0.259 e. The average Bonchev–Trinajstić information content (AvgIpc) is 2.77. The Labute approximate surface area is 122 Å². The maximum absolute atomic E-state index is 12.3. The Hall–Kier alpha value is -1.41. The van der Waals surface area contributed by atoms with Gasteiger partial charge in [-0.05, 0) is 5.56 Å². The SMILES string of the molecule is Cn1ncc(Cl)c1S(=O)(=O)N[C@H](CO)c1ccccc1. The first-order valence-electron chi connectivity index (χ1n) is 5.81. The van der Waals surface area contributed by atoms with Gasteiger partial charge in [0.2, 0.25) is 0 Å². The van der Waals surface area contributed by atoms with Crippen molar-refractivity contribution in [2.24, 2.45) is 7.05 Å². The largest absolute Gasteiger partial charge is 0.394 e. The molecular weight excluding hydrogens is 302 g/mol. The van der Waals surface area contributed by atoms with Crippen LogP contribution in [-0.4, -0.2) is 29.9 Å². The third-order valence-corrected chi connectivity index (χ3v) is 4.76. The van der Waals surface area contributed by atoms with Gasteiger partial charge in [-0.25, -0.2) is 8.42 Å². The molecule has 1 heterocycles. The summed E-state index contributed by atoms with van der Waals surface area (Å²) in [6.07, 6.45) is 1.26. The van der Waals surface area contributed by atoms with Gasteiger partial charge in [0, 0.05) is 7.05 Å². The zero-order valence-electron chi connectivity index (χ0n) is 10.7. The summed E-state index contributed by atoms with van der Waals surface area (Å²) in [5, 5.41) is 13.1. The minimum absolute atomic E-state index is 0.0322. The molecule has 108 valence electrons. The quantitative estimate of drug-likeness (QED) is 0.865. The van der Waals surface area contributed by atoms with E-state index in [2.05, 4.69) is 9.82 Å². The zero-order chi connectivity index (χ0) is 14.8. The number of hydrogen-bond donors (Lipinski definition) is 2. The number of nitrogens with zero attached hydrogens (tertiary/aromatic N) is 2. The summed E-state index contributed by atoms with van der Waals surface area (Å²) >= 11 is 5.84. The van der Waals surface area contributed by atoms with Crippen molar-refractivity contribution in [3.05, 3.63) is 47.1 Å². The van der Waals surface area contributed by atoms with Gasteiger partial charge in [0.25, 0.3) is 10.0 Å². The molecule has 2 aromatic rings. The maximum atomic E-state index is 12.3. The molecule has 2 rings (SSSR count). The van der Waals surface area contributed by atoms with Crippen LogP contribution < -0.4 is 4.72 Å². The number of aromatic nitrogens is 2. The number of aryl methyl sites for hydroxylation is 1. The van der Waals surface area contributed by atoms with Crippen LogP contribution in [0.25, 0.3) is 0 Å². The fourth-order valence-electron chi connectivity index (χ4n) is 1.84. The van der Waals surface area contributed by atoms with E-state index >= 15 is 0 Å². The summed E-state index contributed by atoms with van der Waals surface area (Å²) in [7, 11) is -2.40. The molecule has 6 nitrogen and oxygen atoms in total. The molecule has 0 fully saturated rings. The Kier molecular flexibility index (Phi) is 4.44. The van der Waals surface area contributed by atoms with Crippen molar-refractivity contribution in [3.63, 3.8) is 0 Å². The van der Waals surface area contributed by atoms with Crippen molar-refractivity contribution >= 4 is 21.6 Å². The predicted octanol–water partition coefficient (Wildman–Crippen LogP) is 1.09. The standard InChI is InChI=1S/C12H14ClN3O3S/c1-16-12(10(13)7-14-16)20(18,19)15-11(8-17)9-5-3-2-4-6-9/h2-7,11,15,17H,8H2,1H3/t11-/m1/s1. The molecule has 0 radical (unpaired) electrons. The zero-order valence-corrected chi connectivity index (χ0v) is 12.3. The second-order valence-electron chi connectivity index (χ2n) is 4.19. The number of sulfonamides is 1. The van der Waals surface area contributed by atoms with E-state index in [0.717, 1.165) is 0 Å². The summed E-state index contributed by atoms with van der Waals surface area (Å²) in [6, 6.07) is 8.06.